The van der Waals surface area contributed by atoms with Gasteiger partial charge in [-0.3, -0.25) is 4.79 Å². The largest absolute Gasteiger partial charge is 0.397 e. The molecule has 1 aliphatic rings. The normalized spacial score (nSPS) is 11.4. The molecule has 0 bridgehead atoms. The van der Waals surface area contributed by atoms with Crippen LogP contribution in [0.4, 0.5) is 11.4 Å². The number of thiol groups is 1. The third-order valence-corrected chi connectivity index (χ3v) is 4.81. The van der Waals surface area contributed by atoms with E-state index >= 15 is 0 Å². The lowest BCUT2D eigenvalue weighted by atomic mass is 10.1. The molecule has 0 aliphatic heterocycles. The molecule has 3 aromatic rings. The van der Waals surface area contributed by atoms with Crippen molar-refractivity contribution in [1.82, 2.24) is 0 Å². The summed E-state index contributed by atoms with van der Waals surface area (Å²) in [4.78, 5) is 14.2. The lowest BCUT2D eigenvalue weighted by Gasteiger charge is -2.10. The van der Waals surface area contributed by atoms with E-state index in [2.05, 4.69) is 17.9 Å². The number of nitrogens with one attached hydrogen (secondary N) is 1. The highest BCUT2D eigenvalue weighted by Gasteiger charge is 2.09. The Morgan fingerprint density at radius 2 is 1.70 bits per heavy atom. The minimum absolute atomic E-state index is 0.191. The highest BCUT2D eigenvalue weighted by atomic mass is 32.1. The Kier molecular flexibility index (Phi) is 8.43. The van der Waals surface area contributed by atoms with Crippen molar-refractivity contribution in [2.45, 2.75) is 38.0 Å². The van der Waals surface area contributed by atoms with Crippen LogP contribution in [0, 0.1) is 0 Å². The quantitative estimate of drug-likeness (QED) is 0.338. The van der Waals surface area contributed by atoms with E-state index in [4.69, 9.17) is 5.73 Å². The summed E-state index contributed by atoms with van der Waals surface area (Å²) in [6.45, 7) is 4.00. The number of hydrogen-bond donors (Lipinski definition) is 3. The second kappa shape index (κ2) is 10.8. The van der Waals surface area contributed by atoms with Gasteiger partial charge in [-0.15, -0.1) is 24.0 Å². The fourth-order valence-corrected chi connectivity index (χ4v) is 2.94. The van der Waals surface area contributed by atoms with Crippen molar-refractivity contribution < 1.29 is 4.79 Å². The zero-order chi connectivity index (χ0) is 19.6. The number of benzene rings is 2. The van der Waals surface area contributed by atoms with Gasteiger partial charge in [0.25, 0.3) is 5.91 Å². The van der Waals surface area contributed by atoms with Crippen molar-refractivity contribution in [2.24, 2.45) is 0 Å². The van der Waals surface area contributed by atoms with Crippen LogP contribution in [-0.4, -0.2) is 5.91 Å². The monoisotopic (exact) mass is 398 g/mol. The Morgan fingerprint density at radius 1 is 1.04 bits per heavy atom. The number of carbonyl (C=O) groups excluding carboxylic acids is 1. The third kappa shape index (κ3) is 6.77. The van der Waals surface area contributed by atoms with Crippen molar-refractivity contribution in [3.05, 3.63) is 65.5 Å². The van der Waals surface area contributed by atoms with Gasteiger partial charge in [0.2, 0.25) is 0 Å². The first kappa shape index (κ1) is 21.1. The molecule has 0 unspecified atom stereocenters. The highest BCUT2D eigenvalue weighted by Crippen LogP contribution is 2.30. The van der Waals surface area contributed by atoms with Crippen LogP contribution in [0.15, 0.2) is 64.9 Å². The van der Waals surface area contributed by atoms with Crippen LogP contribution in [0.3, 0.4) is 0 Å². The number of nitrogen functional groups attached to an aromatic ring is 1. The number of thiophene rings is 1. The van der Waals surface area contributed by atoms with Crippen molar-refractivity contribution in [1.29, 1.82) is 0 Å². The molecule has 5 heteroatoms. The number of hydrogen-bond acceptors (Lipinski definition) is 4. The average molecular weight is 399 g/mol. The van der Waals surface area contributed by atoms with Gasteiger partial charge in [0, 0.05) is 15.3 Å². The fourth-order valence-electron chi connectivity index (χ4n) is 2.07. The molecular formula is C22H26N2OS2. The number of carbonyl (C=O) groups is 1. The second-order valence-corrected chi connectivity index (χ2v) is 7.31. The second-order valence-electron chi connectivity index (χ2n) is 5.84. The molecular weight excluding hydrogens is 372 g/mol. The molecule has 1 aromatic heterocycles. The maximum atomic E-state index is 12.3. The van der Waals surface area contributed by atoms with Gasteiger partial charge in [-0.2, -0.15) is 0 Å². The minimum Gasteiger partial charge on any atom is -0.397 e. The molecule has 2 aromatic carbocycles. The van der Waals surface area contributed by atoms with Gasteiger partial charge < -0.3 is 11.1 Å². The van der Waals surface area contributed by atoms with Gasteiger partial charge in [-0.1, -0.05) is 45.2 Å². The minimum atomic E-state index is -0.191. The molecule has 1 aliphatic carbocycles. The Hall–Kier alpha value is -2.24. The lowest BCUT2D eigenvalue weighted by Crippen LogP contribution is -2.13. The lowest BCUT2D eigenvalue weighted by molar-refractivity contribution is 0.102. The maximum Gasteiger partial charge on any atom is 0.255 e. The molecule has 3 N–H and O–H groups in total. The fraction of sp³-hybridized carbons (Fsp3) is 0.227. The SMILES string of the molecule is C1CC1.CC.Nc1ccc(-c2cccs2)cc1NC(=O)c1ccc(S)cc1. The number of amides is 1. The van der Waals surface area contributed by atoms with Crippen LogP contribution in [-0.2, 0) is 0 Å². The van der Waals surface area contributed by atoms with Gasteiger partial charge in [0.15, 0.2) is 0 Å². The zero-order valence-electron chi connectivity index (χ0n) is 15.7. The smallest absolute Gasteiger partial charge is 0.255 e. The average Bonchev–Trinajstić information content (AvgIpc) is 3.48. The number of rotatable bonds is 3. The van der Waals surface area contributed by atoms with Crippen LogP contribution in [0.2, 0.25) is 0 Å². The molecule has 3 nitrogen and oxygen atoms in total. The molecule has 0 atom stereocenters. The van der Waals surface area contributed by atoms with Crippen LogP contribution in [0.5, 0.6) is 0 Å². The number of anilines is 2. The van der Waals surface area contributed by atoms with Gasteiger partial charge >= 0.3 is 0 Å². The summed E-state index contributed by atoms with van der Waals surface area (Å²) in [6, 6.07) is 16.7. The summed E-state index contributed by atoms with van der Waals surface area (Å²) < 4.78 is 0. The number of nitrogens with two attached hydrogens (primary N) is 1. The van der Waals surface area contributed by atoms with Crippen LogP contribution >= 0.6 is 24.0 Å². The Balaban J connectivity index is 0.000000463. The standard InChI is InChI=1S/C17H14N2OS2.C3H6.C2H6/c18-14-8-5-12(16-2-1-9-22-16)10-15(14)19-17(20)11-3-6-13(21)7-4-11;1-2-3-1;1-2/h1-10,21H,18H2,(H,19,20);1-3H2;1-2H3. The first-order valence-corrected chi connectivity index (χ1v) is 10.5. The maximum absolute atomic E-state index is 12.3. The molecule has 4 rings (SSSR count). The Bertz CT molecular complexity index is 839. The highest BCUT2D eigenvalue weighted by molar-refractivity contribution is 7.80. The summed E-state index contributed by atoms with van der Waals surface area (Å²) in [6.07, 6.45) is 4.50. The predicted molar refractivity (Wildman–Crippen MR) is 121 cm³/mol. The van der Waals surface area contributed by atoms with Gasteiger partial charge in [-0.25, -0.2) is 0 Å². The van der Waals surface area contributed by atoms with E-state index in [1.54, 1.807) is 35.6 Å². The molecule has 1 heterocycles. The van der Waals surface area contributed by atoms with Gasteiger partial charge in [0.05, 0.1) is 11.4 Å². The van der Waals surface area contributed by atoms with E-state index in [0.717, 1.165) is 15.3 Å². The van der Waals surface area contributed by atoms with E-state index in [9.17, 15) is 4.79 Å². The molecule has 142 valence electrons. The van der Waals surface area contributed by atoms with E-state index in [1.807, 2.05) is 49.6 Å². The van der Waals surface area contributed by atoms with Gasteiger partial charge in [-0.05, 0) is 53.4 Å². The van der Waals surface area contributed by atoms with E-state index < -0.39 is 0 Å². The van der Waals surface area contributed by atoms with E-state index in [1.165, 1.54) is 19.3 Å². The van der Waals surface area contributed by atoms with Crippen molar-refractivity contribution in [2.75, 3.05) is 11.1 Å². The Labute approximate surface area is 171 Å². The third-order valence-electron chi connectivity index (χ3n) is 3.59. The van der Waals surface area contributed by atoms with Crippen LogP contribution < -0.4 is 11.1 Å². The van der Waals surface area contributed by atoms with Crippen molar-refractivity contribution >= 4 is 41.2 Å². The molecule has 1 saturated carbocycles. The van der Waals surface area contributed by atoms with Crippen molar-refractivity contribution in [3.63, 3.8) is 0 Å². The summed E-state index contributed by atoms with van der Waals surface area (Å²) in [5.74, 6) is -0.191. The first-order valence-electron chi connectivity index (χ1n) is 9.17. The van der Waals surface area contributed by atoms with Crippen LogP contribution in [0.1, 0.15) is 43.5 Å². The Morgan fingerprint density at radius 3 is 2.26 bits per heavy atom. The molecule has 1 amide bonds. The summed E-state index contributed by atoms with van der Waals surface area (Å²) in [5.41, 5.74) is 8.73. The molecule has 27 heavy (non-hydrogen) atoms. The van der Waals surface area contributed by atoms with E-state index in [0.29, 0.717) is 16.9 Å². The molecule has 0 saturated heterocycles. The molecule has 0 spiro atoms. The molecule has 1 fully saturated rings. The van der Waals surface area contributed by atoms with Crippen LogP contribution in [0.25, 0.3) is 10.4 Å². The topological polar surface area (TPSA) is 55.1 Å². The first-order chi connectivity index (χ1) is 13.1. The van der Waals surface area contributed by atoms with Gasteiger partial charge in [0.1, 0.15) is 0 Å². The van der Waals surface area contributed by atoms with Crippen molar-refractivity contribution in [3.8, 4) is 10.4 Å². The van der Waals surface area contributed by atoms with E-state index in [-0.39, 0.29) is 5.91 Å². The summed E-state index contributed by atoms with van der Waals surface area (Å²) in [5, 5.41) is 4.88. The zero-order valence-corrected chi connectivity index (χ0v) is 17.4. The summed E-state index contributed by atoms with van der Waals surface area (Å²) in [7, 11) is 0. The predicted octanol–water partition coefficient (Wildman–Crippen LogP) is 6.73. The summed E-state index contributed by atoms with van der Waals surface area (Å²) >= 11 is 5.86. The molecule has 0 radical (unpaired) electrons.